The Morgan fingerprint density at radius 1 is 0.541 bits per heavy atom. The van der Waals surface area contributed by atoms with Crippen molar-refractivity contribution in [1.29, 1.82) is 0 Å². The molecule has 12 atom stereocenters. The first-order chi connectivity index (χ1) is 53.0. The fourth-order valence-electron chi connectivity index (χ4n) is 13.0. The highest BCUT2D eigenvalue weighted by Crippen LogP contribution is 2.29. The first-order valence-electron chi connectivity index (χ1n) is 36.9. The smallest absolute Gasteiger partial charge is 0.249 e. The third-order valence-corrected chi connectivity index (χ3v) is 22.4. The molecule has 2 aromatic heterocycles. The molecule has 0 spiro atoms. The van der Waals surface area contributed by atoms with E-state index >= 15 is 19.2 Å². The van der Waals surface area contributed by atoms with E-state index in [2.05, 4.69) is 53.2 Å². The number of nitrogens with zero attached hydrogens (tertiary/aromatic N) is 1. The number of thioether (sulfide) groups is 1. The Balaban J connectivity index is 1.16. The standard InChI is InChI=1S/C77H99N15O16S3/c1-5-42(4)66-76(107)90-64(96)36-51(79)68(99)85-57(34-45-37-110-61-17-8-6-13-49(45)61)73(104)89-59(67(81)98)39-109-40-65(97)82-55(32-43-19-23-47(93)24-20-43)70(101)83-52(15-10-11-29-78)69(100)84-53(27-28-63(80)95)77(108)92-30-12-16-60(92)75(106)88-56(33-44-21-25-48(94)26-22-44)71(102)87-58(35-46-38-111-62-18-9-7-14-50(46)62)72(103)86-54(31-41(2)3)74(105)91-66/h6-9,13-14,17-26,37-38,41-42,51-60,66,93-94H,5,10-12,15-16,27-36,39-40,78-79H2,1-4H3,(H2,80,95)(H2,81,98)(H,82,97)(H,83,101)(H,84,100)(H,85,99)(H,86,103)(H,87,102)(H,88,106)(H,89,104)(H,91,105)(H,90,96,107)/t42-,51-,52-,53-,54-,55-,56-,57-,58-,59-,60-,66-/m0/s1. The minimum atomic E-state index is -1.71. The summed E-state index contributed by atoms with van der Waals surface area (Å²) >= 11 is 3.57. The van der Waals surface area contributed by atoms with E-state index in [1.54, 1.807) is 51.3 Å². The van der Waals surface area contributed by atoms with Crippen molar-refractivity contribution in [3.05, 3.63) is 130 Å². The fraction of sp³-hybridized carbons (Fsp3) is 0.455. The first kappa shape index (κ1) is 86.0. The number of nitrogens with one attached hydrogen (secondary N) is 10. The zero-order valence-electron chi connectivity index (χ0n) is 62.2. The quantitative estimate of drug-likeness (QED) is 0.0377. The zero-order chi connectivity index (χ0) is 80.6. The van der Waals surface area contributed by atoms with Gasteiger partial charge in [-0.15, -0.1) is 34.4 Å². The van der Waals surface area contributed by atoms with E-state index in [1.807, 2.05) is 35.7 Å². The van der Waals surface area contributed by atoms with Gasteiger partial charge in [-0.05, 0) is 144 Å². The number of carbonyl (C=O) groups is 14. The van der Waals surface area contributed by atoms with Crippen LogP contribution in [-0.4, -0.2) is 189 Å². The van der Waals surface area contributed by atoms with E-state index in [0.717, 1.165) is 31.9 Å². The van der Waals surface area contributed by atoms with Crippen molar-refractivity contribution < 1.29 is 77.3 Å². The number of rotatable bonds is 20. The predicted molar refractivity (Wildman–Crippen MR) is 419 cm³/mol. The van der Waals surface area contributed by atoms with Crippen molar-refractivity contribution >= 4 is 137 Å². The number of phenols is 2. The largest absolute Gasteiger partial charge is 0.508 e. The number of primary amides is 2. The molecule has 0 bridgehead atoms. The number of benzene rings is 4. The number of aromatic hydroxyl groups is 2. The summed E-state index contributed by atoms with van der Waals surface area (Å²) in [6.45, 7) is 7.08. The normalized spacial score (nSPS) is 23.8. The molecule has 31 nitrogen and oxygen atoms in total. The molecule has 4 aromatic carbocycles. The minimum absolute atomic E-state index is 0.0154. The molecule has 596 valence electrons. The van der Waals surface area contributed by atoms with Gasteiger partial charge in [0, 0.05) is 53.8 Å². The van der Waals surface area contributed by atoms with Gasteiger partial charge in [0.2, 0.25) is 82.7 Å². The molecule has 2 aliphatic rings. The monoisotopic (exact) mass is 1590 g/mol. The number of phenolic OH excluding ortho intramolecular Hbond substituents is 2. The lowest BCUT2D eigenvalue weighted by Crippen LogP contribution is -2.61. The average Bonchev–Trinajstić information content (AvgIpc) is 1.71. The Morgan fingerprint density at radius 2 is 1.03 bits per heavy atom. The number of hydrogen-bond acceptors (Lipinski definition) is 21. The average molecular weight is 1590 g/mol. The summed E-state index contributed by atoms with van der Waals surface area (Å²) in [7, 11) is 0. The van der Waals surface area contributed by atoms with Gasteiger partial charge < -0.3 is 85.9 Å². The Kier molecular flexibility index (Phi) is 32.2. The van der Waals surface area contributed by atoms with Crippen molar-refractivity contribution in [2.75, 3.05) is 24.6 Å². The predicted octanol–water partition coefficient (Wildman–Crippen LogP) is 1.23. The van der Waals surface area contributed by atoms with Crippen molar-refractivity contribution in [2.45, 2.75) is 184 Å². The summed E-state index contributed by atoms with van der Waals surface area (Å²) in [6.07, 6.45) is -1.34. The second kappa shape index (κ2) is 41.5. The summed E-state index contributed by atoms with van der Waals surface area (Å²) in [4.78, 5) is 203. The number of imide groups is 1. The molecule has 34 heteroatoms. The van der Waals surface area contributed by atoms with E-state index in [-0.39, 0.29) is 107 Å². The van der Waals surface area contributed by atoms with Crippen molar-refractivity contribution in [3.8, 4) is 11.5 Å². The summed E-state index contributed by atoms with van der Waals surface area (Å²) in [5.41, 5.74) is 25.9. The number of unbranched alkanes of at least 4 members (excludes halogenated alkanes) is 1. The number of nitrogens with two attached hydrogens (primary N) is 4. The summed E-state index contributed by atoms with van der Waals surface area (Å²) < 4.78 is 1.69. The van der Waals surface area contributed by atoms with E-state index in [9.17, 15) is 58.2 Å². The first-order valence-corrected chi connectivity index (χ1v) is 39.8. The van der Waals surface area contributed by atoms with Gasteiger partial charge in [0.25, 0.3) is 0 Å². The molecule has 0 saturated carbocycles. The van der Waals surface area contributed by atoms with Crippen LogP contribution in [0.25, 0.3) is 20.2 Å². The van der Waals surface area contributed by atoms with Gasteiger partial charge in [-0.1, -0.05) is 94.8 Å². The molecule has 20 N–H and O–H groups in total. The number of fused-ring (bicyclic) bond motifs is 3. The van der Waals surface area contributed by atoms with Crippen LogP contribution in [0.2, 0.25) is 0 Å². The van der Waals surface area contributed by atoms with Crippen LogP contribution in [0.3, 0.4) is 0 Å². The Morgan fingerprint density at radius 3 is 1.57 bits per heavy atom. The van der Waals surface area contributed by atoms with Gasteiger partial charge in [-0.3, -0.25) is 72.4 Å². The van der Waals surface area contributed by atoms with Crippen LogP contribution in [-0.2, 0) is 92.8 Å². The summed E-state index contributed by atoms with van der Waals surface area (Å²) in [5, 5.41) is 52.2. The van der Waals surface area contributed by atoms with Gasteiger partial charge >= 0.3 is 0 Å². The second-order valence-corrected chi connectivity index (χ2v) is 31.2. The maximum Gasteiger partial charge on any atom is 0.249 e. The molecule has 0 radical (unpaired) electrons. The molecular weight excluding hydrogens is 1490 g/mol. The molecule has 111 heavy (non-hydrogen) atoms. The molecule has 2 aliphatic heterocycles. The van der Waals surface area contributed by atoms with Crippen LogP contribution in [0.15, 0.2) is 108 Å². The Hall–Kier alpha value is -10.6. The SMILES string of the molecule is CC[C@H](C)[C@@H]1NC(=O)[C@H](CC(C)C)NC(=O)[C@H](Cc2csc3ccccc23)NC(=O)[C@H](Cc2ccc(O)cc2)NC(=O)[C@@H]2CCCN2C(=O)[C@H](CCC(N)=O)NC(=O)[C@H](CCCCN)NC(=O)[C@H](Cc2ccc(O)cc2)NC(=O)CSC[C@@H](C(N)=O)NC(=O)[C@H](Cc2csc3ccccc23)NC(=O)[C@@H](N)CC(=O)NC1=O. The molecule has 2 saturated heterocycles. The van der Waals surface area contributed by atoms with E-state index in [4.69, 9.17) is 22.9 Å². The summed E-state index contributed by atoms with van der Waals surface area (Å²) in [6, 6.07) is 9.76. The highest BCUT2D eigenvalue weighted by molar-refractivity contribution is 8.00. The molecule has 8 rings (SSSR count). The molecule has 6 aromatic rings. The van der Waals surface area contributed by atoms with Crippen LogP contribution in [0, 0.1) is 11.8 Å². The van der Waals surface area contributed by atoms with Crippen LogP contribution < -0.4 is 76.1 Å². The van der Waals surface area contributed by atoms with Gasteiger partial charge in [0.05, 0.1) is 18.2 Å². The van der Waals surface area contributed by atoms with Gasteiger partial charge in [-0.25, -0.2) is 0 Å². The van der Waals surface area contributed by atoms with Crippen molar-refractivity contribution in [1.82, 2.24) is 58.1 Å². The molecule has 0 aliphatic carbocycles. The lowest BCUT2D eigenvalue weighted by Gasteiger charge is -2.31. The highest BCUT2D eigenvalue weighted by Gasteiger charge is 2.42. The lowest BCUT2D eigenvalue weighted by molar-refractivity contribution is -0.143. The molecule has 2 fully saturated rings. The van der Waals surface area contributed by atoms with Gasteiger partial charge in [0.15, 0.2) is 0 Å². The van der Waals surface area contributed by atoms with Crippen molar-refractivity contribution in [2.24, 2.45) is 34.8 Å². The Bertz CT molecular complexity index is 4330. The van der Waals surface area contributed by atoms with E-state index in [0.29, 0.717) is 28.7 Å². The van der Waals surface area contributed by atoms with Crippen LogP contribution >= 0.6 is 34.4 Å². The maximum absolute atomic E-state index is 15.3. The Labute approximate surface area is 654 Å². The molecular formula is C77H99N15O16S3. The highest BCUT2D eigenvalue weighted by atomic mass is 32.2. The van der Waals surface area contributed by atoms with Crippen LogP contribution in [0.4, 0.5) is 0 Å². The van der Waals surface area contributed by atoms with Gasteiger partial charge in [0.1, 0.15) is 71.9 Å². The maximum atomic E-state index is 15.3. The van der Waals surface area contributed by atoms with Gasteiger partial charge in [-0.2, -0.15) is 0 Å². The summed E-state index contributed by atoms with van der Waals surface area (Å²) in [5.74, 6) is -14.7. The number of carbonyl (C=O) groups excluding carboxylic acids is 14. The number of thiophene rings is 2. The molecule has 14 amide bonds. The van der Waals surface area contributed by atoms with Crippen LogP contribution in [0.5, 0.6) is 11.5 Å². The van der Waals surface area contributed by atoms with Crippen LogP contribution in [0.1, 0.15) is 114 Å². The third-order valence-electron chi connectivity index (χ3n) is 19.3. The second-order valence-electron chi connectivity index (χ2n) is 28.3. The molecule has 0 unspecified atom stereocenters. The van der Waals surface area contributed by atoms with E-state index in [1.165, 1.54) is 76.1 Å². The number of hydrogen-bond donors (Lipinski definition) is 16. The number of amides is 14. The fourth-order valence-corrected chi connectivity index (χ4v) is 15.9. The lowest BCUT2D eigenvalue weighted by atomic mass is 9.96. The van der Waals surface area contributed by atoms with Crippen molar-refractivity contribution in [3.63, 3.8) is 0 Å². The molecule has 4 heterocycles. The third kappa shape index (κ3) is 25.2. The minimum Gasteiger partial charge on any atom is -0.508 e. The zero-order valence-corrected chi connectivity index (χ0v) is 64.7. The topological polar surface area (TPSA) is 507 Å². The van der Waals surface area contributed by atoms with E-state index < -0.39 is 174 Å².